The molecule has 0 aliphatic rings. The van der Waals surface area contributed by atoms with Crippen LogP contribution in [0.2, 0.25) is 0 Å². The second-order valence-electron chi connectivity index (χ2n) is 6.11. The van der Waals surface area contributed by atoms with Gasteiger partial charge in [0.1, 0.15) is 6.04 Å². The number of carbonyl (C=O) groups excluding carboxylic acids is 1. The average molecular weight is 349 g/mol. The lowest BCUT2D eigenvalue weighted by Gasteiger charge is -2.15. The molecule has 2 N–H and O–H groups in total. The maximum Gasteiger partial charge on any atom is 0.246 e. The molecule has 2 heterocycles. The van der Waals surface area contributed by atoms with E-state index in [0.29, 0.717) is 6.54 Å². The molecule has 0 spiro atoms. The molecule has 26 heavy (non-hydrogen) atoms. The zero-order chi connectivity index (χ0) is 18.4. The molecular weight excluding hydrogens is 326 g/mol. The fourth-order valence-corrected chi connectivity index (χ4v) is 2.69. The Morgan fingerprint density at radius 3 is 2.77 bits per heavy atom. The summed E-state index contributed by atoms with van der Waals surface area (Å²) in [5.41, 5.74) is 3.71. The van der Waals surface area contributed by atoms with Gasteiger partial charge in [0.2, 0.25) is 5.91 Å². The third-order valence-electron chi connectivity index (χ3n) is 4.12. The number of nitrogens with zero attached hydrogens (tertiary/aromatic N) is 3. The summed E-state index contributed by atoms with van der Waals surface area (Å²) in [6.07, 6.45) is 6.22. The van der Waals surface area contributed by atoms with Crippen molar-refractivity contribution in [1.29, 1.82) is 0 Å². The monoisotopic (exact) mass is 349 g/mol. The number of aromatic nitrogens is 3. The summed E-state index contributed by atoms with van der Waals surface area (Å²) >= 11 is 0. The predicted molar refractivity (Wildman–Crippen MR) is 103 cm³/mol. The number of rotatable bonds is 7. The van der Waals surface area contributed by atoms with Crippen molar-refractivity contribution in [2.24, 2.45) is 0 Å². The van der Waals surface area contributed by atoms with E-state index in [1.807, 2.05) is 55.6 Å². The van der Waals surface area contributed by atoms with Crippen molar-refractivity contribution < 1.29 is 4.79 Å². The lowest BCUT2D eigenvalue weighted by atomic mass is 10.1. The van der Waals surface area contributed by atoms with Gasteiger partial charge in [0.25, 0.3) is 0 Å². The van der Waals surface area contributed by atoms with Crippen molar-refractivity contribution in [2.75, 3.05) is 10.6 Å². The van der Waals surface area contributed by atoms with Crippen molar-refractivity contribution in [3.8, 4) is 0 Å². The summed E-state index contributed by atoms with van der Waals surface area (Å²) in [7, 11) is 0. The Morgan fingerprint density at radius 2 is 2.00 bits per heavy atom. The molecule has 1 atom stereocenters. The number of hydrogen-bond donors (Lipinski definition) is 2. The van der Waals surface area contributed by atoms with Crippen LogP contribution >= 0.6 is 0 Å². The summed E-state index contributed by atoms with van der Waals surface area (Å²) in [4.78, 5) is 16.8. The lowest BCUT2D eigenvalue weighted by Crippen LogP contribution is -2.32. The number of nitrogens with one attached hydrogen (secondary N) is 2. The number of hydrogen-bond acceptors (Lipinski definition) is 4. The highest BCUT2D eigenvalue weighted by Gasteiger charge is 2.15. The van der Waals surface area contributed by atoms with Crippen molar-refractivity contribution in [2.45, 2.75) is 32.9 Å². The highest BCUT2D eigenvalue weighted by Crippen LogP contribution is 2.16. The van der Waals surface area contributed by atoms with Gasteiger partial charge in [0, 0.05) is 18.1 Å². The van der Waals surface area contributed by atoms with Crippen LogP contribution < -0.4 is 10.6 Å². The quantitative estimate of drug-likeness (QED) is 0.686. The van der Waals surface area contributed by atoms with Crippen LogP contribution in [0.1, 0.15) is 25.1 Å². The summed E-state index contributed by atoms with van der Waals surface area (Å²) < 4.78 is 1.79. The van der Waals surface area contributed by atoms with Crippen LogP contribution in [0.25, 0.3) is 0 Å². The summed E-state index contributed by atoms with van der Waals surface area (Å²) in [6.45, 7) is 4.50. The smallest absolute Gasteiger partial charge is 0.246 e. The molecule has 134 valence electrons. The van der Waals surface area contributed by atoms with E-state index in [4.69, 9.17) is 0 Å². The van der Waals surface area contributed by atoms with Crippen molar-refractivity contribution >= 4 is 17.3 Å². The SMILES string of the molecule is CCc1ccccc1NC(=O)C(C)Nc1cnn(Cc2ccccn2)c1. The predicted octanol–water partition coefficient (Wildman–Crippen LogP) is 3.33. The minimum Gasteiger partial charge on any atom is -0.371 e. The molecule has 3 aromatic rings. The first-order valence-electron chi connectivity index (χ1n) is 8.73. The van der Waals surface area contributed by atoms with Gasteiger partial charge in [-0.2, -0.15) is 5.10 Å². The minimum absolute atomic E-state index is 0.0802. The molecule has 3 rings (SSSR count). The van der Waals surface area contributed by atoms with E-state index >= 15 is 0 Å². The third-order valence-corrected chi connectivity index (χ3v) is 4.12. The highest BCUT2D eigenvalue weighted by molar-refractivity contribution is 5.96. The number of aryl methyl sites for hydroxylation is 1. The van der Waals surface area contributed by atoms with Gasteiger partial charge in [-0.15, -0.1) is 0 Å². The number of benzene rings is 1. The molecule has 0 fully saturated rings. The largest absolute Gasteiger partial charge is 0.371 e. The van der Waals surface area contributed by atoms with E-state index in [1.54, 1.807) is 17.1 Å². The van der Waals surface area contributed by atoms with Gasteiger partial charge in [-0.1, -0.05) is 31.2 Å². The first-order valence-corrected chi connectivity index (χ1v) is 8.73. The van der Waals surface area contributed by atoms with Gasteiger partial charge in [-0.3, -0.25) is 14.5 Å². The molecule has 0 aliphatic carbocycles. The van der Waals surface area contributed by atoms with Crippen LogP contribution in [0.3, 0.4) is 0 Å². The van der Waals surface area contributed by atoms with Gasteiger partial charge in [-0.05, 0) is 37.1 Å². The van der Waals surface area contributed by atoms with E-state index in [1.165, 1.54) is 0 Å². The maximum absolute atomic E-state index is 12.5. The number of pyridine rings is 1. The molecule has 6 nitrogen and oxygen atoms in total. The molecule has 0 bridgehead atoms. The van der Waals surface area contributed by atoms with E-state index < -0.39 is 0 Å². The van der Waals surface area contributed by atoms with Crippen molar-refractivity contribution in [3.05, 3.63) is 72.3 Å². The fourth-order valence-electron chi connectivity index (χ4n) is 2.69. The standard InChI is InChI=1S/C20H23N5O/c1-3-16-8-4-5-10-19(16)24-20(26)15(2)23-18-12-22-25(14-18)13-17-9-6-7-11-21-17/h4-12,14-15,23H,3,13H2,1-2H3,(H,24,26). The molecule has 2 aromatic heterocycles. The van der Waals surface area contributed by atoms with E-state index in [9.17, 15) is 4.79 Å². The fraction of sp³-hybridized carbons (Fsp3) is 0.250. The van der Waals surface area contributed by atoms with Gasteiger partial charge in [0.15, 0.2) is 0 Å². The average Bonchev–Trinajstić information content (AvgIpc) is 3.09. The Balaban J connectivity index is 1.59. The highest BCUT2D eigenvalue weighted by atomic mass is 16.2. The Morgan fingerprint density at radius 1 is 1.19 bits per heavy atom. The molecule has 0 saturated heterocycles. The molecule has 0 saturated carbocycles. The van der Waals surface area contributed by atoms with Crippen molar-refractivity contribution in [3.63, 3.8) is 0 Å². The maximum atomic E-state index is 12.5. The third kappa shape index (κ3) is 4.47. The summed E-state index contributed by atoms with van der Waals surface area (Å²) in [5.74, 6) is -0.0802. The van der Waals surface area contributed by atoms with E-state index in [-0.39, 0.29) is 11.9 Å². The van der Waals surface area contributed by atoms with Crippen LogP contribution in [0.5, 0.6) is 0 Å². The normalized spacial score (nSPS) is 11.8. The number of anilines is 2. The topological polar surface area (TPSA) is 71.8 Å². The number of carbonyl (C=O) groups is 1. The first kappa shape index (κ1) is 17.7. The second kappa shape index (κ2) is 8.29. The zero-order valence-corrected chi connectivity index (χ0v) is 15.0. The van der Waals surface area contributed by atoms with Crippen LogP contribution in [-0.2, 0) is 17.8 Å². The Bertz CT molecular complexity index is 859. The molecule has 1 amide bonds. The minimum atomic E-state index is -0.382. The second-order valence-corrected chi connectivity index (χ2v) is 6.11. The van der Waals surface area contributed by atoms with Gasteiger partial charge < -0.3 is 10.6 Å². The lowest BCUT2D eigenvalue weighted by molar-refractivity contribution is -0.116. The summed E-state index contributed by atoms with van der Waals surface area (Å²) in [5, 5.41) is 10.5. The Labute approximate surface area is 153 Å². The van der Waals surface area contributed by atoms with Crippen LogP contribution in [0.4, 0.5) is 11.4 Å². The first-order chi connectivity index (χ1) is 12.7. The molecule has 6 heteroatoms. The van der Waals surface area contributed by atoms with E-state index in [2.05, 4.69) is 27.6 Å². The van der Waals surface area contributed by atoms with Gasteiger partial charge in [-0.25, -0.2) is 0 Å². The number of para-hydroxylation sites is 1. The van der Waals surface area contributed by atoms with Gasteiger partial charge >= 0.3 is 0 Å². The van der Waals surface area contributed by atoms with Crippen LogP contribution in [0.15, 0.2) is 61.1 Å². The molecular formula is C20H23N5O. The van der Waals surface area contributed by atoms with Crippen LogP contribution in [0, 0.1) is 0 Å². The summed E-state index contributed by atoms with van der Waals surface area (Å²) in [6, 6.07) is 13.3. The van der Waals surface area contributed by atoms with E-state index in [0.717, 1.165) is 29.1 Å². The van der Waals surface area contributed by atoms with Crippen LogP contribution in [-0.4, -0.2) is 26.7 Å². The molecule has 1 aromatic carbocycles. The Hall–Kier alpha value is -3.15. The van der Waals surface area contributed by atoms with Crippen molar-refractivity contribution in [1.82, 2.24) is 14.8 Å². The molecule has 0 radical (unpaired) electrons. The Kier molecular flexibility index (Phi) is 5.63. The molecule has 0 aliphatic heterocycles. The van der Waals surface area contributed by atoms with Gasteiger partial charge in [0.05, 0.1) is 24.1 Å². The zero-order valence-electron chi connectivity index (χ0n) is 15.0. The number of amides is 1. The molecule has 1 unspecified atom stereocenters.